The minimum atomic E-state index is -0.984. The van der Waals surface area contributed by atoms with Gasteiger partial charge in [-0.15, -0.1) is 23.1 Å². The van der Waals surface area contributed by atoms with Gasteiger partial charge >= 0.3 is 11.9 Å². The Balaban J connectivity index is 1.39. The third kappa shape index (κ3) is 6.54. The van der Waals surface area contributed by atoms with Crippen LogP contribution in [0.1, 0.15) is 29.8 Å². The predicted molar refractivity (Wildman–Crippen MR) is 165 cm³/mol. The number of benzene rings is 2. The fourth-order valence-corrected chi connectivity index (χ4v) is 6.88. The van der Waals surface area contributed by atoms with Gasteiger partial charge in [-0.1, -0.05) is 72.3 Å². The average Bonchev–Trinajstić information content (AvgIpc) is 3.50. The van der Waals surface area contributed by atoms with E-state index in [0.717, 1.165) is 28.0 Å². The number of rotatable bonds is 11. The molecule has 14 heteroatoms. The predicted octanol–water partition coefficient (Wildman–Crippen LogP) is 3.84. The van der Waals surface area contributed by atoms with E-state index in [0.29, 0.717) is 12.0 Å². The van der Waals surface area contributed by atoms with Crippen molar-refractivity contribution in [2.24, 2.45) is 0 Å². The molecule has 0 radical (unpaired) electrons. The van der Waals surface area contributed by atoms with E-state index in [1.54, 1.807) is 0 Å². The lowest BCUT2D eigenvalue weighted by molar-refractivity contribution is -0.154. The monoisotopic (exact) mass is 652 g/mol. The Kier molecular flexibility index (Phi) is 9.78. The molecule has 2 aliphatic rings. The van der Waals surface area contributed by atoms with E-state index < -0.39 is 41.3 Å². The molecule has 2 aliphatic heterocycles. The zero-order valence-electron chi connectivity index (χ0n) is 23.1. The van der Waals surface area contributed by atoms with E-state index in [-0.39, 0.29) is 34.5 Å². The standard InChI is InChI=1S/C30H25ClN4O7S2/c1-17(37)41-13-20-14-43-28-23(34-26(38)21(12-31)22-15-44-30(33-22)32-16-36)27(39)35(28)24(20)29(40)42-25(18-8-4-2-5-9-18)19-10-6-3-7-11-19/h2-12,15-16,23,25,28H,13-14H2,1H3,(H,34,38)(H,32,33,36)/t23?,28-/m0/s1. The van der Waals surface area contributed by atoms with Crippen LogP contribution in [-0.2, 0) is 33.4 Å². The van der Waals surface area contributed by atoms with Gasteiger partial charge < -0.3 is 20.1 Å². The maximum atomic E-state index is 13.9. The van der Waals surface area contributed by atoms with Gasteiger partial charge in [-0.3, -0.25) is 24.1 Å². The van der Waals surface area contributed by atoms with Crippen LogP contribution in [0.3, 0.4) is 0 Å². The molecule has 226 valence electrons. The second-order valence-corrected chi connectivity index (χ2v) is 11.7. The van der Waals surface area contributed by atoms with Crippen molar-refractivity contribution in [1.29, 1.82) is 0 Å². The maximum absolute atomic E-state index is 13.9. The van der Waals surface area contributed by atoms with Crippen molar-refractivity contribution in [2.45, 2.75) is 24.4 Å². The van der Waals surface area contributed by atoms with Crippen LogP contribution in [0, 0.1) is 0 Å². The molecule has 3 aromatic rings. The minimum Gasteiger partial charge on any atom is -0.461 e. The maximum Gasteiger partial charge on any atom is 0.356 e. The molecule has 2 aromatic carbocycles. The third-order valence-electron chi connectivity index (χ3n) is 6.72. The lowest BCUT2D eigenvalue weighted by Gasteiger charge is -2.49. The number of β-lactam (4-membered cyclic amide) rings is 1. The van der Waals surface area contributed by atoms with Crippen molar-refractivity contribution in [3.63, 3.8) is 0 Å². The molecule has 0 aliphatic carbocycles. The number of ether oxygens (including phenoxy) is 2. The number of esters is 2. The first-order valence-electron chi connectivity index (χ1n) is 13.2. The molecule has 5 rings (SSSR count). The molecule has 1 fully saturated rings. The molecule has 3 amide bonds. The molecule has 2 atom stereocenters. The first-order valence-corrected chi connectivity index (χ1v) is 15.6. The number of hydrogen-bond donors (Lipinski definition) is 2. The molecule has 3 heterocycles. The number of hydrogen-bond acceptors (Lipinski definition) is 10. The number of nitrogens with one attached hydrogen (secondary N) is 2. The summed E-state index contributed by atoms with van der Waals surface area (Å²) in [7, 11) is 0. The van der Waals surface area contributed by atoms with Crippen LogP contribution in [0.15, 0.2) is 82.8 Å². The second-order valence-electron chi connectivity index (χ2n) is 9.52. The van der Waals surface area contributed by atoms with Crippen molar-refractivity contribution in [3.05, 3.63) is 99.7 Å². The largest absolute Gasteiger partial charge is 0.461 e. The molecular formula is C30H25ClN4O7S2. The van der Waals surface area contributed by atoms with E-state index in [1.165, 1.54) is 29.0 Å². The zero-order valence-corrected chi connectivity index (χ0v) is 25.5. The highest BCUT2D eigenvalue weighted by molar-refractivity contribution is 8.00. The Hall–Kier alpha value is -4.46. The second kappa shape index (κ2) is 13.9. The summed E-state index contributed by atoms with van der Waals surface area (Å²) in [6.07, 6.45) is -0.317. The fourth-order valence-electron chi connectivity index (χ4n) is 4.67. The quantitative estimate of drug-likeness (QED) is 0.137. The molecule has 1 aromatic heterocycles. The van der Waals surface area contributed by atoms with E-state index >= 15 is 0 Å². The summed E-state index contributed by atoms with van der Waals surface area (Å²) in [5.74, 6) is -2.28. The van der Waals surface area contributed by atoms with Gasteiger partial charge in [-0.25, -0.2) is 9.78 Å². The molecular weight excluding hydrogens is 628 g/mol. The van der Waals surface area contributed by atoms with Crippen LogP contribution in [0.5, 0.6) is 0 Å². The van der Waals surface area contributed by atoms with Crippen molar-refractivity contribution in [3.8, 4) is 0 Å². The first-order chi connectivity index (χ1) is 21.3. The van der Waals surface area contributed by atoms with Crippen LogP contribution in [0.4, 0.5) is 5.13 Å². The molecule has 44 heavy (non-hydrogen) atoms. The molecule has 1 saturated heterocycles. The van der Waals surface area contributed by atoms with Gasteiger partial charge in [0.25, 0.3) is 11.8 Å². The van der Waals surface area contributed by atoms with Crippen LogP contribution in [0.2, 0.25) is 0 Å². The molecule has 0 saturated carbocycles. The van der Waals surface area contributed by atoms with Crippen molar-refractivity contribution in [1.82, 2.24) is 15.2 Å². The summed E-state index contributed by atoms with van der Waals surface area (Å²) in [4.78, 5) is 68.3. The molecule has 0 bridgehead atoms. The highest BCUT2D eigenvalue weighted by atomic mass is 35.5. The summed E-state index contributed by atoms with van der Waals surface area (Å²) in [6, 6.07) is 17.4. The van der Waals surface area contributed by atoms with Gasteiger partial charge in [0, 0.05) is 29.2 Å². The number of nitrogens with zero attached hydrogens (tertiary/aromatic N) is 2. The Bertz CT molecular complexity index is 1610. The summed E-state index contributed by atoms with van der Waals surface area (Å²) in [6.45, 7) is 1.04. The number of carbonyl (C=O) groups excluding carboxylic acids is 5. The molecule has 1 unspecified atom stereocenters. The molecule has 0 spiro atoms. The summed E-state index contributed by atoms with van der Waals surface area (Å²) in [5.41, 5.74) is 3.08. The number of thiazole rings is 1. The number of thioether (sulfide) groups is 1. The number of amides is 3. The lowest BCUT2D eigenvalue weighted by atomic mass is 10.0. The number of halogens is 1. The SMILES string of the molecule is CC(=O)OCC1=C(C(=O)OC(c2ccccc2)c2ccccc2)N2C(=O)C(NC(=O)C(=CCl)c3csc(NC=O)n3)[C@@H]2SC1. The van der Waals surface area contributed by atoms with Crippen LogP contribution < -0.4 is 10.6 Å². The number of anilines is 1. The Morgan fingerprint density at radius 1 is 1.11 bits per heavy atom. The van der Waals surface area contributed by atoms with Crippen LogP contribution in [0.25, 0.3) is 5.57 Å². The summed E-state index contributed by atoms with van der Waals surface area (Å²) < 4.78 is 11.3. The topological polar surface area (TPSA) is 144 Å². The van der Waals surface area contributed by atoms with Gasteiger partial charge in [0.05, 0.1) is 11.3 Å². The van der Waals surface area contributed by atoms with E-state index in [4.69, 9.17) is 21.1 Å². The van der Waals surface area contributed by atoms with Crippen LogP contribution >= 0.6 is 34.7 Å². The van der Waals surface area contributed by atoms with Crippen LogP contribution in [-0.4, -0.2) is 63.8 Å². The Morgan fingerprint density at radius 3 is 2.36 bits per heavy atom. The smallest absolute Gasteiger partial charge is 0.356 e. The van der Waals surface area contributed by atoms with Crippen molar-refractivity contribution >= 4 is 75.6 Å². The van der Waals surface area contributed by atoms with Crippen molar-refractivity contribution < 1.29 is 33.4 Å². The van der Waals surface area contributed by atoms with E-state index in [9.17, 15) is 24.0 Å². The highest BCUT2D eigenvalue weighted by Gasteiger charge is 2.55. The highest BCUT2D eigenvalue weighted by Crippen LogP contribution is 2.42. The minimum absolute atomic E-state index is 0.00629. The van der Waals surface area contributed by atoms with Gasteiger partial charge in [0.2, 0.25) is 6.41 Å². The zero-order chi connectivity index (χ0) is 31.2. The van der Waals surface area contributed by atoms with Gasteiger partial charge in [-0.2, -0.15) is 0 Å². The Morgan fingerprint density at radius 2 is 1.77 bits per heavy atom. The van der Waals surface area contributed by atoms with Crippen molar-refractivity contribution in [2.75, 3.05) is 17.7 Å². The van der Waals surface area contributed by atoms with Gasteiger partial charge in [-0.05, 0) is 11.1 Å². The normalized spacial score (nSPS) is 17.8. The fraction of sp³-hybridized carbons (Fsp3) is 0.200. The third-order valence-corrected chi connectivity index (χ3v) is 9.05. The van der Waals surface area contributed by atoms with Gasteiger partial charge in [0.15, 0.2) is 11.2 Å². The van der Waals surface area contributed by atoms with E-state index in [1.807, 2.05) is 60.7 Å². The summed E-state index contributed by atoms with van der Waals surface area (Å²) >= 11 is 8.34. The number of carbonyl (C=O) groups is 5. The molecule has 2 N–H and O–H groups in total. The number of aromatic nitrogens is 1. The summed E-state index contributed by atoms with van der Waals surface area (Å²) in [5, 5.41) is 6.26. The number of fused-ring (bicyclic) bond motifs is 1. The lowest BCUT2D eigenvalue weighted by Crippen LogP contribution is -2.70. The van der Waals surface area contributed by atoms with Gasteiger partial charge in [0.1, 0.15) is 23.7 Å². The molecule has 11 nitrogen and oxygen atoms in total. The Labute approximate surface area is 265 Å². The average molecular weight is 653 g/mol. The first kappa shape index (κ1) is 31.0. The van der Waals surface area contributed by atoms with E-state index in [2.05, 4.69) is 15.6 Å².